The van der Waals surface area contributed by atoms with E-state index in [1.54, 1.807) is 33.2 Å². The standard InChI is InChI=1S/C5H4BrN.C5H11NO2/c6-5-1-3-7-4-2-5;1-5(2,3)8-4(6)7/h1-4H;1-3H3,(H2,6,7). The number of carbonyl (C=O) groups excluding carboxylic acids is 1. The molecule has 1 heterocycles. The largest absolute Gasteiger partial charge is 0.444 e. The molecule has 0 bridgehead atoms. The highest BCUT2D eigenvalue weighted by Gasteiger charge is 2.12. The molecule has 84 valence electrons. The molecule has 0 fully saturated rings. The number of hydrogen-bond acceptors (Lipinski definition) is 3. The monoisotopic (exact) mass is 274 g/mol. The number of nitrogens with two attached hydrogens (primary N) is 1. The molecule has 1 rings (SSSR count). The maximum atomic E-state index is 10.0. The molecule has 0 aliphatic carbocycles. The molecule has 0 spiro atoms. The van der Waals surface area contributed by atoms with Gasteiger partial charge in [0.25, 0.3) is 0 Å². The van der Waals surface area contributed by atoms with Crippen molar-refractivity contribution in [1.29, 1.82) is 0 Å². The zero-order valence-corrected chi connectivity index (χ0v) is 10.6. The summed E-state index contributed by atoms with van der Waals surface area (Å²) in [5.41, 5.74) is 4.26. The molecule has 1 aromatic heterocycles. The average molecular weight is 275 g/mol. The lowest BCUT2D eigenvalue weighted by molar-refractivity contribution is 0.0600. The number of hydrogen-bond donors (Lipinski definition) is 1. The Balaban J connectivity index is 0.000000262. The quantitative estimate of drug-likeness (QED) is 0.791. The minimum absolute atomic E-state index is 0.453. The summed E-state index contributed by atoms with van der Waals surface area (Å²) in [6.07, 6.45) is 2.76. The summed E-state index contributed by atoms with van der Waals surface area (Å²) < 4.78 is 5.65. The lowest BCUT2D eigenvalue weighted by Gasteiger charge is -2.16. The Morgan fingerprint density at radius 1 is 1.40 bits per heavy atom. The van der Waals surface area contributed by atoms with Crippen LogP contribution in [0.3, 0.4) is 0 Å². The maximum Gasteiger partial charge on any atom is 0.405 e. The van der Waals surface area contributed by atoms with Crippen LogP contribution in [0.15, 0.2) is 29.0 Å². The summed E-state index contributed by atoms with van der Waals surface area (Å²) in [4.78, 5) is 13.8. The number of primary amides is 1. The Morgan fingerprint density at radius 3 is 2.00 bits per heavy atom. The summed E-state index contributed by atoms with van der Waals surface area (Å²) in [7, 11) is 0. The Hall–Kier alpha value is -1.10. The van der Waals surface area contributed by atoms with Crippen molar-refractivity contribution < 1.29 is 9.53 Å². The van der Waals surface area contributed by atoms with Gasteiger partial charge < -0.3 is 10.5 Å². The molecule has 4 nitrogen and oxygen atoms in total. The second kappa shape index (κ2) is 6.40. The fourth-order valence-corrected chi connectivity index (χ4v) is 0.872. The molecule has 1 amide bonds. The number of ether oxygens (including phenoxy) is 1. The highest BCUT2D eigenvalue weighted by molar-refractivity contribution is 9.10. The van der Waals surface area contributed by atoms with Gasteiger partial charge in [0.1, 0.15) is 5.60 Å². The smallest absolute Gasteiger partial charge is 0.405 e. The van der Waals surface area contributed by atoms with Crippen molar-refractivity contribution in [2.75, 3.05) is 0 Å². The van der Waals surface area contributed by atoms with Crippen LogP contribution in [-0.4, -0.2) is 16.7 Å². The number of amides is 1. The van der Waals surface area contributed by atoms with Crippen molar-refractivity contribution in [3.63, 3.8) is 0 Å². The molecule has 0 saturated heterocycles. The van der Waals surface area contributed by atoms with E-state index in [2.05, 4.69) is 25.7 Å². The molecule has 0 saturated carbocycles. The van der Waals surface area contributed by atoms with Crippen molar-refractivity contribution in [3.05, 3.63) is 29.0 Å². The molecule has 5 heteroatoms. The number of pyridine rings is 1. The van der Waals surface area contributed by atoms with Gasteiger partial charge >= 0.3 is 6.09 Å². The maximum absolute atomic E-state index is 10.0. The molecule has 0 atom stereocenters. The molecule has 15 heavy (non-hydrogen) atoms. The fraction of sp³-hybridized carbons (Fsp3) is 0.400. The number of carbonyl (C=O) groups is 1. The normalized spacial score (nSPS) is 9.87. The van der Waals surface area contributed by atoms with E-state index in [1.165, 1.54) is 0 Å². The first-order valence-corrected chi connectivity index (χ1v) is 5.14. The third kappa shape index (κ3) is 10.8. The van der Waals surface area contributed by atoms with E-state index in [1.807, 2.05) is 12.1 Å². The highest BCUT2D eigenvalue weighted by Crippen LogP contribution is 2.05. The highest BCUT2D eigenvalue weighted by atomic mass is 79.9. The molecule has 2 N–H and O–H groups in total. The van der Waals surface area contributed by atoms with Gasteiger partial charge in [0.2, 0.25) is 0 Å². The minimum Gasteiger partial charge on any atom is -0.444 e. The van der Waals surface area contributed by atoms with Crippen LogP contribution in [0.4, 0.5) is 4.79 Å². The van der Waals surface area contributed by atoms with Gasteiger partial charge in [0, 0.05) is 16.9 Å². The van der Waals surface area contributed by atoms with Crippen LogP contribution >= 0.6 is 15.9 Å². The van der Waals surface area contributed by atoms with Crippen LogP contribution in [-0.2, 0) is 4.74 Å². The van der Waals surface area contributed by atoms with Crippen LogP contribution in [0.25, 0.3) is 0 Å². The van der Waals surface area contributed by atoms with E-state index in [-0.39, 0.29) is 0 Å². The summed E-state index contributed by atoms with van der Waals surface area (Å²) in [5.74, 6) is 0. The first kappa shape index (κ1) is 13.9. The van der Waals surface area contributed by atoms with Gasteiger partial charge in [-0.1, -0.05) is 15.9 Å². The Labute approximate surface area is 98.0 Å². The van der Waals surface area contributed by atoms with Crippen LogP contribution in [0.1, 0.15) is 20.8 Å². The topological polar surface area (TPSA) is 65.2 Å². The predicted molar refractivity (Wildman–Crippen MR) is 62.4 cm³/mol. The lowest BCUT2D eigenvalue weighted by atomic mass is 10.2. The fourth-order valence-electron chi connectivity index (χ4n) is 0.635. The number of aromatic nitrogens is 1. The average Bonchev–Trinajstić information content (AvgIpc) is 2.01. The van der Waals surface area contributed by atoms with Crippen molar-refractivity contribution in [2.45, 2.75) is 26.4 Å². The van der Waals surface area contributed by atoms with Crippen LogP contribution in [0.5, 0.6) is 0 Å². The summed E-state index contributed by atoms with van der Waals surface area (Å²) in [5, 5.41) is 0. The zero-order valence-electron chi connectivity index (χ0n) is 9.03. The van der Waals surface area contributed by atoms with Crippen LogP contribution < -0.4 is 5.73 Å². The minimum atomic E-state index is -0.725. The second-order valence-electron chi connectivity index (χ2n) is 3.70. The Bertz CT molecular complexity index is 296. The van der Waals surface area contributed by atoms with E-state index in [0.29, 0.717) is 0 Å². The van der Waals surface area contributed by atoms with E-state index in [9.17, 15) is 4.79 Å². The van der Waals surface area contributed by atoms with Gasteiger partial charge in [0.05, 0.1) is 0 Å². The van der Waals surface area contributed by atoms with E-state index in [4.69, 9.17) is 5.73 Å². The Morgan fingerprint density at radius 2 is 1.87 bits per heavy atom. The van der Waals surface area contributed by atoms with Gasteiger partial charge in [-0.05, 0) is 32.9 Å². The van der Waals surface area contributed by atoms with Gasteiger partial charge in [0.15, 0.2) is 0 Å². The van der Waals surface area contributed by atoms with Gasteiger partial charge in [-0.25, -0.2) is 4.79 Å². The summed E-state index contributed by atoms with van der Waals surface area (Å²) in [6.45, 7) is 5.28. The summed E-state index contributed by atoms with van der Waals surface area (Å²) >= 11 is 3.27. The predicted octanol–water partition coefficient (Wildman–Crippen LogP) is 2.72. The number of nitrogens with zero attached hydrogens (tertiary/aromatic N) is 1. The molecule has 0 aliphatic heterocycles. The first-order chi connectivity index (χ1) is 6.81. The van der Waals surface area contributed by atoms with Gasteiger partial charge in [-0.3, -0.25) is 4.98 Å². The first-order valence-electron chi connectivity index (χ1n) is 4.35. The molecule has 1 aromatic rings. The van der Waals surface area contributed by atoms with E-state index >= 15 is 0 Å². The molecular weight excluding hydrogens is 260 g/mol. The molecule has 0 aromatic carbocycles. The Kier molecular flexibility index (Phi) is 5.93. The number of halogens is 1. The van der Waals surface area contributed by atoms with E-state index < -0.39 is 11.7 Å². The number of rotatable bonds is 0. The lowest BCUT2D eigenvalue weighted by Crippen LogP contribution is -2.27. The molecule has 0 aliphatic rings. The van der Waals surface area contributed by atoms with E-state index in [0.717, 1.165) is 4.47 Å². The second-order valence-corrected chi connectivity index (χ2v) is 4.61. The zero-order chi connectivity index (χ0) is 11.9. The van der Waals surface area contributed by atoms with Crippen LogP contribution in [0, 0.1) is 0 Å². The van der Waals surface area contributed by atoms with Gasteiger partial charge in [-0.15, -0.1) is 0 Å². The third-order valence-corrected chi connectivity index (χ3v) is 1.58. The molecule has 0 radical (unpaired) electrons. The SMILES string of the molecule is Brc1ccncc1.CC(C)(C)OC(N)=O. The molecule has 0 unspecified atom stereocenters. The van der Waals surface area contributed by atoms with Crippen molar-refractivity contribution >= 4 is 22.0 Å². The van der Waals surface area contributed by atoms with Crippen molar-refractivity contribution in [2.24, 2.45) is 5.73 Å². The van der Waals surface area contributed by atoms with Crippen LogP contribution in [0.2, 0.25) is 0 Å². The van der Waals surface area contributed by atoms with Crippen molar-refractivity contribution in [1.82, 2.24) is 4.98 Å². The van der Waals surface area contributed by atoms with Gasteiger partial charge in [-0.2, -0.15) is 0 Å². The third-order valence-electron chi connectivity index (χ3n) is 1.05. The van der Waals surface area contributed by atoms with Crippen molar-refractivity contribution in [3.8, 4) is 0 Å². The summed E-state index contributed by atoms with van der Waals surface area (Å²) in [6, 6.07) is 3.78. The molecular formula is C10H15BrN2O2.